The van der Waals surface area contributed by atoms with Gasteiger partial charge in [-0.25, -0.2) is 0 Å². The second-order valence-corrected chi connectivity index (χ2v) is 3.73. The normalized spacial score (nSPS) is 11.3. The summed E-state index contributed by atoms with van der Waals surface area (Å²) >= 11 is 0. The minimum Gasteiger partial charge on any atom is -0.423 e. The predicted molar refractivity (Wildman–Crippen MR) is 63.6 cm³/mol. The van der Waals surface area contributed by atoms with E-state index < -0.39 is 30.2 Å². The summed E-state index contributed by atoms with van der Waals surface area (Å²) in [7, 11) is -2.36. The van der Waals surface area contributed by atoms with E-state index >= 15 is 0 Å². The number of hydrogen-bond acceptors (Lipinski definition) is 4. The maximum Gasteiger partial charge on any atom is 0.491 e. The van der Waals surface area contributed by atoms with Crippen LogP contribution in [0.1, 0.15) is 12.0 Å². The summed E-state index contributed by atoms with van der Waals surface area (Å²) in [5.41, 5.74) is 2.83. The van der Waals surface area contributed by atoms with Gasteiger partial charge < -0.3 is 21.1 Å². The molecule has 1 aromatic rings. The topological polar surface area (TPSA) is 95.6 Å². The smallest absolute Gasteiger partial charge is 0.423 e. The van der Waals surface area contributed by atoms with Crippen molar-refractivity contribution < 1.29 is 28.0 Å². The lowest BCUT2D eigenvalue weighted by Crippen LogP contribution is -2.39. The third kappa shape index (κ3) is 3.95. The van der Waals surface area contributed by atoms with E-state index in [9.17, 15) is 18.0 Å². The lowest BCUT2D eigenvalue weighted by molar-refractivity contribution is -0.136. The molecule has 0 unspecified atom stereocenters. The number of halogens is 3. The number of hydrogen-bond donors (Lipinski definition) is 4. The van der Waals surface area contributed by atoms with E-state index in [1.807, 2.05) is 0 Å². The zero-order valence-electron chi connectivity index (χ0n) is 9.74. The van der Waals surface area contributed by atoms with Crippen LogP contribution in [0.25, 0.3) is 0 Å². The molecule has 0 atom stereocenters. The van der Waals surface area contributed by atoms with Gasteiger partial charge in [-0.05, 0) is 6.07 Å². The molecule has 0 bridgehead atoms. The molecule has 1 aromatic carbocycles. The number of amides is 1. The minimum absolute atomic E-state index is 0.0296. The maximum atomic E-state index is 12.7. The van der Waals surface area contributed by atoms with Gasteiger partial charge in [0, 0.05) is 24.1 Å². The molecule has 0 saturated carbocycles. The Morgan fingerprint density at radius 2 is 2.00 bits per heavy atom. The summed E-state index contributed by atoms with van der Waals surface area (Å²) in [5, 5.41) is 20.3. The van der Waals surface area contributed by atoms with Crippen molar-refractivity contribution in [1.29, 1.82) is 0 Å². The third-order valence-electron chi connectivity index (χ3n) is 2.32. The molecule has 0 aliphatic carbocycles. The van der Waals surface area contributed by atoms with Gasteiger partial charge in [-0.3, -0.25) is 4.79 Å². The summed E-state index contributed by atoms with van der Waals surface area (Å²) in [4.78, 5) is 11.3. The van der Waals surface area contributed by atoms with Gasteiger partial charge in [-0.15, -0.1) is 0 Å². The molecule has 1 rings (SSSR count). The Balaban J connectivity index is 3.21. The van der Waals surface area contributed by atoms with Crippen LogP contribution >= 0.6 is 0 Å². The summed E-state index contributed by atoms with van der Waals surface area (Å²) in [6.45, 7) is 0.0296. The summed E-state index contributed by atoms with van der Waals surface area (Å²) in [5.74, 6) is -0.608. The highest BCUT2D eigenvalue weighted by Crippen LogP contribution is 2.29. The van der Waals surface area contributed by atoms with Crippen LogP contribution in [0.4, 0.5) is 18.9 Å². The average molecular weight is 276 g/mol. The summed E-state index contributed by atoms with van der Waals surface area (Å²) < 4.78 is 38.2. The Kier molecular flexibility index (Phi) is 4.93. The maximum absolute atomic E-state index is 12.7. The molecule has 9 heteroatoms. The molecule has 1 amide bonds. The van der Waals surface area contributed by atoms with Gasteiger partial charge in [0.1, 0.15) is 0 Å². The lowest BCUT2D eigenvalue weighted by Gasteiger charge is -2.16. The Morgan fingerprint density at radius 3 is 2.47 bits per heavy atom. The first kappa shape index (κ1) is 15.5. The molecule has 0 fully saturated rings. The van der Waals surface area contributed by atoms with Crippen molar-refractivity contribution in [2.24, 2.45) is 5.73 Å². The van der Waals surface area contributed by atoms with E-state index in [4.69, 9.17) is 15.8 Å². The SMILES string of the molecule is NCCC(=O)Nc1cccc(C(F)(F)F)c1B(O)O. The van der Waals surface area contributed by atoms with E-state index in [2.05, 4.69) is 5.32 Å². The molecule has 0 saturated heterocycles. The van der Waals surface area contributed by atoms with Crippen LogP contribution in [-0.2, 0) is 11.0 Å². The first-order valence-corrected chi connectivity index (χ1v) is 5.33. The van der Waals surface area contributed by atoms with E-state index in [1.54, 1.807) is 0 Å². The van der Waals surface area contributed by atoms with Crippen LogP contribution in [0.3, 0.4) is 0 Å². The van der Waals surface area contributed by atoms with Crippen molar-refractivity contribution >= 4 is 24.2 Å². The van der Waals surface area contributed by atoms with Crippen LogP contribution in [0.2, 0.25) is 0 Å². The molecule has 104 valence electrons. The van der Waals surface area contributed by atoms with Crippen LogP contribution in [0.15, 0.2) is 18.2 Å². The highest BCUT2D eigenvalue weighted by atomic mass is 19.4. The number of anilines is 1. The minimum atomic E-state index is -4.76. The van der Waals surface area contributed by atoms with E-state index in [0.29, 0.717) is 6.07 Å². The quantitative estimate of drug-likeness (QED) is 0.566. The van der Waals surface area contributed by atoms with Crippen LogP contribution in [0, 0.1) is 0 Å². The van der Waals surface area contributed by atoms with E-state index in [-0.39, 0.29) is 18.7 Å². The summed E-state index contributed by atoms with van der Waals surface area (Å²) in [6, 6.07) is 2.92. The Bertz CT molecular complexity index is 466. The van der Waals surface area contributed by atoms with Gasteiger partial charge in [-0.1, -0.05) is 12.1 Å². The van der Waals surface area contributed by atoms with Gasteiger partial charge in [-0.2, -0.15) is 13.2 Å². The van der Waals surface area contributed by atoms with E-state index in [0.717, 1.165) is 12.1 Å². The molecule has 0 spiro atoms. The van der Waals surface area contributed by atoms with Gasteiger partial charge in [0.15, 0.2) is 0 Å². The third-order valence-corrected chi connectivity index (χ3v) is 2.32. The first-order chi connectivity index (χ1) is 8.77. The van der Waals surface area contributed by atoms with Crippen molar-refractivity contribution in [2.45, 2.75) is 12.6 Å². The van der Waals surface area contributed by atoms with Crippen LogP contribution in [0.5, 0.6) is 0 Å². The monoisotopic (exact) mass is 276 g/mol. The fraction of sp³-hybridized carbons (Fsp3) is 0.300. The van der Waals surface area contributed by atoms with Crippen molar-refractivity contribution in [3.8, 4) is 0 Å². The molecule has 5 N–H and O–H groups in total. The summed E-state index contributed by atoms with van der Waals surface area (Å²) in [6.07, 6.45) is -4.84. The van der Waals surface area contributed by atoms with Crippen LogP contribution < -0.4 is 16.5 Å². The van der Waals surface area contributed by atoms with Gasteiger partial charge in [0.2, 0.25) is 5.91 Å². The number of nitrogens with one attached hydrogen (secondary N) is 1. The van der Waals surface area contributed by atoms with Crippen LogP contribution in [-0.4, -0.2) is 29.6 Å². The first-order valence-electron chi connectivity index (χ1n) is 5.33. The van der Waals surface area contributed by atoms with Gasteiger partial charge in [0.05, 0.1) is 5.56 Å². The molecule has 0 heterocycles. The molecule has 0 radical (unpaired) electrons. The fourth-order valence-corrected chi connectivity index (χ4v) is 1.54. The number of alkyl halides is 3. The number of carbonyl (C=O) groups excluding carboxylic acids is 1. The molecule has 0 aliphatic rings. The zero-order chi connectivity index (χ0) is 14.6. The number of carbonyl (C=O) groups is 1. The largest absolute Gasteiger partial charge is 0.491 e. The zero-order valence-corrected chi connectivity index (χ0v) is 9.74. The number of nitrogens with two attached hydrogens (primary N) is 1. The average Bonchev–Trinajstić information content (AvgIpc) is 2.27. The van der Waals surface area contributed by atoms with Crippen molar-refractivity contribution in [3.05, 3.63) is 23.8 Å². The Morgan fingerprint density at radius 1 is 1.37 bits per heavy atom. The molecular weight excluding hydrogens is 264 g/mol. The number of benzene rings is 1. The standard InChI is InChI=1S/C10H12BF3N2O3/c12-10(13,14)6-2-1-3-7(9(6)11(18)19)16-8(17)4-5-15/h1-3,18-19H,4-5,15H2,(H,16,17). The second-order valence-electron chi connectivity index (χ2n) is 3.73. The Hall–Kier alpha value is -1.58. The van der Waals surface area contributed by atoms with E-state index in [1.165, 1.54) is 0 Å². The molecule has 0 aliphatic heterocycles. The van der Waals surface area contributed by atoms with Gasteiger partial charge >= 0.3 is 13.3 Å². The molecular formula is C10H12BF3N2O3. The predicted octanol–water partition coefficient (Wildman–Crippen LogP) is -0.328. The van der Waals surface area contributed by atoms with Crippen molar-refractivity contribution in [2.75, 3.05) is 11.9 Å². The Labute approximate surface area is 107 Å². The molecule has 0 aromatic heterocycles. The highest BCUT2D eigenvalue weighted by Gasteiger charge is 2.37. The lowest BCUT2D eigenvalue weighted by atomic mass is 9.75. The van der Waals surface area contributed by atoms with Crippen molar-refractivity contribution in [3.63, 3.8) is 0 Å². The second kappa shape index (κ2) is 6.05. The highest BCUT2D eigenvalue weighted by molar-refractivity contribution is 6.61. The van der Waals surface area contributed by atoms with Crippen molar-refractivity contribution in [1.82, 2.24) is 0 Å². The molecule has 19 heavy (non-hydrogen) atoms. The fourth-order valence-electron chi connectivity index (χ4n) is 1.54. The van der Waals surface area contributed by atoms with Gasteiger partial charge in [0.25, 0.3) is 0 Å². The number of rotatable bonds is 4. The molecule has 5 nitrogen and oxygen atoms in total.